The van der Waals surface area contributed by atoms with Crippen LogP contribution < -0.4 is 20.9 Å². The smallest absolute Gasteiger partial charge is 0.317 e. The molecule has 3 aromatic carbocycles. The highest BCUT2D eigenvalue weighted by Crippen LogP contribution is 2.29. The lowest BCUT2D eigenvalue weighted by Crippen LogP contribution is -2.42. The Morgan fingerprint density at radius 1 is 0.825 bits per heavy atom. The second kappa shape index (κ2) is 14.4. The quantitative estimate of drug-likeness (QED) is 0.313. The zero-order valence-electron chi connectivity index (χ0n) is 22.8. The van der Waals surface area contributed by atoms with Gasteiger partial charge in [0.25, 0.3) is 11.8 Å². The Labute approximate surface area is 240 Å². The van der Waals surface area contributed by atoms with Gasteiger partial charge in [0.05, 0.1) is 11.4 Å². The van der Waals surface area contributed by atoms with Crippen molar-refractivity contribution < 1.29 is 14.4 Å². The van der Waals surface area contributed by atoms with Gasteiger partial charge < -0.3 is 25.8 Å². The lowest BCUT2D eigenvalue weighted by molar-refractivity contribution is 0.0951. The highest BCUT2D eigenvalue weighted by Gasteiger charge is 2.22. The van der Waals surface area contributed by atoms with Crippen molar-refractivity contribution in [2.45, 2.75) is 26.2 Å². The average Bonchev–Trinajstić information content (AvgIpc) is 3.22. The molecule has 1 fully saturated rings. The molecule has 4 amide bonds. The maximum Gasteiger partial charge on any atom is 0.317 e. The third-order valence-corrected chi connectivity index (χ3v) is 7.05. The molecule has 40 heavy (non-hydrogen) atoms. The van der Waals surface area contributed by atoms with E-state index in [0.29, 0.717) is 61.1 Å². The monoisotopic (exact) mass is 561 g/mol. The van der Waals surface area contributed by atoms with Gasteiger partial charge in [0.1, 0.15) is 0 Å². The molecular weight excluding hydrogens is 526 g/mol. The third-order valence-electron chi connectivity index (χ3n) is 6.82. The van der Waals surface area contributed by atoms with Crippen LogP contribution in [0.15, 0.2) is 72.8 Å². The summed E-state index contributed by atoms with van der Waals surface area (Å²) in [6.07, 6.45) is 2.48. The number of amides is 4. The number of hydrogen-bond acceptors (Lipinski definition) is 4. The Kier molecular flexibility index (Phi) is 10.4. The molecule has 0 atom stereocenters. The lowest BCUT2D eigenvalue weighted by Gasteiger charge is -2.26. The second-order valence-corrected chi connectivity index (χ2v) is 10.1. The first-order valence-electron chi connectivity index (χ1n) is 13.8. The molecule has 8 nitrogen and oxygen atoms in total. The molecule has 1 aliphatic heterocycles. The fraction of sp³-hybridized carbons (Fsp3) is 0.323. The van der Waals surface area contributed by atoms with E-state index in [1.807, 2.05) is 36.1 Å². The normalized spacial score (nSPS) is 13.3. The highest BCUT2D eigenvalue weighted by atomic mass is 35.5. The van der Waals surface area contributed by atoms with Crippen LogP contribution in [0.25, 0.3) is 0 Å². The van der Waals surface area contributed by atoms with Gasteiger partial charge in [-0.25, -0.2) is 4.79 Å². The molecule has 1 saturated heterocycles. The molecule has 0 spiro atoms. The van der Waals surface area contributed by atoms with Crippen molar-refractivity contribution in [2.24, 2.45) is 0 Å². The lowest BCUT2D eigenvalue weighted by atomic mass is 10.1. The predicted octanol–water partition coefficient (Wildman–Crippen LogP) is 5.20. The maximum atomic E-state index is 13.2. The summed E-state index contributed by atoms with van der Waals surface area (Å²) in [5.41, 5.74) is 3.45. The van der Waals surface area contributed by atoms with Gasteiger partial charge in [0.15, 0.2) is 0 Å². The van der Waals surface area contributed by atoms with Crippen LogP contribution in [0.5, 0.6) is 0 Å². The van der Waals surface area contributed by atoms with Gasteiger partial charge in [-0.3, -0.25) is 9.59 Å². The molecular formula is C31H36ClN5O3. The molecule has 0 aliphatic carbocycles. The van der Waals surface area contributed by atoms with E-state index >= 15 is 0 Å². The van der Waals surface area contributed by atoms with Crippen LogP contribution in [0.1, 0.15) is 46.0 Å². The topological polar surface area (TPSA) is 93.8 Å². The van der Waals surface area contributed by atoms with Gasteiger partial charge in [-0.15, -0.1) is 0 Å². The van der Waals surface area contributed by atoms with E-state index < -0.39 is 0 Å². The van der Waals surface area contributed by atoms with Gasteiger partial charge in [0, 0.05) is 55.4 Å². The Bertz CT molecular complexity index is 1320. The number of carbonyl (C=O) groups is 3. The molecule has 3 N–H and O–H groups in total. The average molecular weight is 562 g/mol. The molecule has 0 saturated carbocycles. The Morgan fingerprint density at radius 2 is 1.62 bits per heavy atom. The van der Waals surface area contributed by atoms with Crippen molar-refractivity contribution in [1.82, 2.24) is 15.5 Å². The standard InChI is InChI=1S/C31H36ClN5O3/c1-2-33-31(40)37-18-8-17-36(19-20-37)28-15-14-25(29(38)34-16-7-11-23-9-4-3-5-10-23)22-27(28)35-30(39)24-12-6-13-26(32)21-24/h3-6,9-10,12-15,21-22H,2,7-8,11,16-20H2,1H3,(H,33,40)(H,34,38)(H,35,39). The zero-order chi connectivity index (χ0) is 28.3. The van der Waals surface area contributed by atoms with Crippen LogP contribution in [-0.2, 0) is 6.42 Å². The first-order valence-corrected chi connectivity index (χ1v) is 14.1. The van der Waals surface area contributed by atoms with Crippen molar-refractivity contribution in [2.75, 3.05) is 49.5 Å². The number of nitrogens with zero attached hydrogens (tertiary/aromatic N) is 2. The number of benzene rings is 3. The van der Waals surface area contributed by atoms with Gasteiger partial charge in [-0.05, 0) is 68.1 Å². The number of rotatable bonds is 9. The van der Waals surface area contributed by atoms with Crippen LogP contribution in [-0.4, -0.2) is 62.0 Å². The number of anilines is 2. The summed E-state index contributed by atoms with van der Waals surface area (Å²) in [7, 11) is 0. The van der Waals surface area contributed by atoms with E-state index in [4.69, 9.17) is 11.6 Å². The number of carbonyl (C=O) groups excluding carboxylic acids is 3. The second-order valence-electron chi connectivity index (χ2n) is 9.70. The molecule has 4 rings (SSSR count). The third kappa shape index (κ3) is 7.99. The summed E-state index contributed by atoms with van der Waals surface area (Å²) in [4.78, 5) is 42.5. The molecule has 0 aromatic heterocycles. The first-order chi connectivity index (χ1) is 19.4. The minimum absolute atomic E-state index is 0.0712. The Morgan fingerprint density at radius 3 is 2.40 bits per heavy atom. The van der Waals surface area contributed by atoms with Crippen molar-refractivity contribution in [3.63, 3.8) is 0 Å². The summed E-state index contributed by atoms with van der Waals surface area (Å²) in [6.45, 7) is 5.53. The van der Waals surface area contributed by atoms with Crippen molar-refractivity contribution in [3.05, 3.63) is 94.5 Å². The minimum atomic E-state index is -0.317. The van der Waals surface area contributed by atoms with Gasteiger partial charge in [-0.1, -0.05) is 48.0 Å². The molecule has 1 heterocycles. The van der Waals surface area contributed by atoms with Crippen molar-refractivity contribution in [1.29, 1.82) is 0 Å². The van der Waals surface area contributed by atoms with E-state index in [1.165, 1.54) is 5.56 Å². The molecule has 210 valence electrons. The van der Waals surface area contributed by atoms with E-state index in [2.05, 4.69) is 33.0 Å². The summed E-state index contributed by atoms with van der Waals surface area (Å²) in [5, 5.41) is 9.32. The highest BCUT2D eigenvalue weighted by molar-refractivity contribution is 6.31. The number of urea groups is 1. The minimum Gasteiger partial charge on any atom is -0.368 e. The molecule has 3 aromatic rings. The van der Waals surface area contributed by atoms with Crippen molar-refractivity contribution in [3.8, 4) is 0 Å². The van der Waals surface area contributed by atoms with Crippen LogP contribution in [0, 0.1) is 0 Å². The molecule has 0 unspecified atom stereocenters. The number of nitrogens with one attached hydrogen (secondary N) is 3. The molecule has 0 radical (unpaired) electrons. The van der Waals surface area contributed by atoms with Crippen LogP contribution >= 0.6 is 11.6 Å². The van der Waals surface area contributed by atoms with Crippen LogP contribution in [0.2, 0.25) is 5.02 Å². The summed E-state index contributed by atoms with van der Waals surface area (Å²) in [6, 6.07) is 22.2. The number of hydrogen-bond donors (Lipinski definition) is 3. The summed E-state index contributed by atoms with van der Waals surface area (Å²) in [5.74, 6) is -0.515. The summed E-state index contributed by atoms with van der Waals surface area (Å²) < 4.78 is 0. The Hall–Kier alpha value is -4.04. The van der Waals surface area contributed by atoms with E-state index in [1.54, 1.807) is 36.4 Å². The predicted molar refractivity (Wildman–Crippen MR) is 160 cm³/mol. The van der Waals surface area contributed by atoms with Crippen LogP contribution in [0.3, 0.4) is 0 Å². The maximum absolute atomic E-state index is 13.2. The van der Waals surface area contributed by atoms with E-state index in [0.717, 1.165) is 24.9 Å². The van der Waals surface area contributed by atoms with Gasteiger partial charge >= 0.3 is 6.03 Å². The van der Waals surface area contributed by atoms with Gasteiger partial charge in [0.2, 0.25) is 0 Å². The zero-order valence-corrected chi connectivity index (χ0v) is 23.5. The summed E-state index contributed by atoms with van der Waals surface area (Å²) >= 11 is 6.11. The molecule has 9 heteroatoms. The van der Waals surface area contributed by atoms with E-state index in [9.17, 15) is 14.4 Å². The fourth-order valence-corrected chi connectivity index (χ4v) is 4.93. The van der Waals surface area contributed by atoms with E-state index in [-0.39, 0.29) is 17.8 Å². The Balaban J connectivity index is 1.50. The first kappa shape index (κ1) is 29.0. The van der Waals surface area contributed by atoms with Crippen molar-refractivity contribution >= 4 is 40.8 Å². The number of aryl methyl sites for hydroxylation is 1. The van der Waals surface area contributed by atoms with Gasteiger partial charge in [-0.2, -0.15) is 0 Å². The van der Waals surface area contributed by atoms with Crippen LogP contribution in [0.4, 0.5) is 16.2 Å². The SMILES string of the molecule is CCNC(=O)N1CCCN(c2ccc(C(=O)NCCCc3ccccc3)cc2NC(=O)c2cccc(Cl)c2)CC1. The number of halogens is 1. The molecule has 0 bridgehead atoms. The largest absolute Gasteiger partial charge is 0.368 e. The fourth-order valence-electron chi connectivity index (χ4n) is 4.74. The molecule has 1 aliphatic rings.